The van der Waals surface area contributed by atoms with E-state index in [4.69, 9.17) is 0 Å². The Hall–Kier alpha value is -2.21. The minimum atomic E-state index is -0.477. The molecule has 0 saturated heterocycles. The quantitative estimate of drug-likeness (QED) is 0.780. The van der Waals surface area contributed by atoms with Crippen molar-refractivity contribution in [3.8, 4) is 0 Å². The summed E-state index contributed by atoms with van der Waals surface area (Å²) in [5, 5.41) is 4.83. The Balaban J connectivity index is 1.62. The van der Waals surface area contributed by atoms with Crippen LogP contribution in [0.2, 0.25) is 0 Å². The van der Waals surface area contributed by atoms with Gasteiger partial charge in [0.25, 0.3) is 0 Å². The Kier molecular flexibility index (Phi) is 4.17. The van der Waals surface area contributed by atoms with Crippen molar-refractivity contribution in [1.29, 1.82) is 0 Å². The van der Waals surface area contributed by atoms with Crippen LogP contribution < -0.4 is 5.32 Å². The number of nitrogens with zero attached hydrogens (tertiary/aromatic N) is 2. The molecule has 0 fully saturated rings. The highest BCUT2D eigenvalue weighted by Gasteiger charge is 2.24. The first-order valence-corrected chi connectivity index (χ1v) is 8.26. The number of aromatic nitrogens is 2. The van der Waals surface area contributed by atoms with Crippen molar-refractivity contribution >= 4 is 22.2 Å². The van der Waals surface area contributed by atoms with Crippen LogP contribution in [0.4, 0.5) is 4.39 Å². The topological polar surface area (TPSA) is 46.4 Å². The van der Waals surface area contributed by atoms with Gasteiger partial charge in [-0.05, 0) is 11.6 Å². The van der Waals surface area contributed by atoms with Crippen LogP contribution in [0.5, 0.6) is 0 Å². The van der Waals surface area contributed by atoms with Crippen molar-refractivity contribution in [2.45, 2.75) is 25.7 Å². The third-order valence-electron chi connectivity index (χ3n) is 3.82. The van der Waals surface area contributed by atoms with Crippen molar-refractivity contribution < 1.29 is 9.18 Å². The van der Waals surface area contributed by atoms with Gasteiger partial charge in [0.2, 0.25) is 5.91 Å². The second-order valence-electron chi connectivity index (χ2n) is 6.14. The molecule has 120 valence electrons. The molecule has 3 aromatic rings. The van der Waals surface area contributed by atoms with Gasteiger partial charge in [0.1, 0.15) is 5.82 Å². The highest BCUT2D eigenvalue weighted by Crippen LogP contribution is 2.24. The van der Waals surface area contributed by atoms with Gasteiger partial charge in [0.05, 0.1) is 12.1 Å². The molecular weight excluding hydrogens is 313 g/mol. The highest BCUT2D eigenvalue weighted by molar-refractivity contribution is 7.15. The predicted octanol–water partition coefficient (Wildman–Crippen LogP) is 3.17. The molecule has 6 heteroatoms. The maximum absolute atomic E-state index is 13.9. The van der Waals surface area contributed by atoms with E-state index in [9.17, 15) is 9.18 Å². The minimum Gasteiger partial charge on any atom is -0.355 e. The molecule has 1 aromatic carbocycles. The summed E-state index contributed by atoms with van der Waals surface area (Å²) in [5.41, 5.74) is 0.857. The fraction of sp³-hybridized carbons (Fsp3) is 0.294. The standard InChI is InChI=1S/C17H18FN3OS/c1-17(2,13-5-3-4-6-14(13)18)11-19-15(22)9-12-10-21-7-8-23-16(21)20-12/h3-8,10H,9,11H2,1-2H3,(H,19,22). The average molecular weight is 331 g/mol. The van der Waals surface area contributed by atoms with E-state index in [1.54, 1.807) is 18.2 Å². The summed E-state index contributed by atoms with van der Waals surface area (Å²) < 4.78 is 15.8. The molecule has 0 atom stereocenters. The third-order valence-corrected chi connectivity index (χ3v) is 4.59. The minimum absolute atomic E-state index is 0.111. The Labute approximate surface area is 138 Å². The van der Waals surface area contributed by atoms with Crippen LogP contribution in [-0.2, 0) is 16.6 Å². The molecule has 0 radical (unpaired) electrons. The average Bonchev–Trinajstić information content (AvgIpc) is 3.07. The third kappa shape index (κ3) is 3.42. The van der Waals surface area contributed by atoms with Crippen LogP contribution in [0.1, 0.15) is 25.1 Å². The summed E-state index contributed by atoms with van der Waals surface area (Å²) in [4.78, 5) is 17.4. The van der Waals surface area contributed by atoms with Crippen LogP contribution >= 0.6 is 11.3 Å². The number of benzene rings is 1. The van der Waals surface area contributed by atoms with Gasteiger partial charge in [-0.3, -0.25) is 9.20 Å². The monoisotopic (exact) mass is 331 g/mol. The summed E-state index contributed by atoms with van der Waals surface area (Å²) in [6.07, 6.45) is 3.99. The van der Waals surface area contributed by atoms with Crippen LogP contribution in [-0.4, -0.2) is 21.8 Å². The number of fused-ring (bicyclic) bond motifs is 1. The number of imidazole rings is 1. The number of hydrogen-bond acceptors (Lipinski definition) is 3. The van der Waals surface area contributed by atoms with Crippen molar-refractivity contribution in [2.75, 3.05) is 6.54 Å². The first kappa shape index (κ1) is 15.7. The second kappa shape index (κ2) is 6.12. The molecule has 23 heavy (non-hydrogen) atoms. The van der Waals surface area contributed by atoms with Crippen molar-refractivity contribution in [2.24, 2.45) is 0 Å². The van der Waals surface area contributed by atoms with E-state index in [-0.39, 0.29) is 18.1 Å². The fourth-order valence-corrected chi connectivity index (χ4v) is 3.23. The normalized spacial score (nSPS) is 11.8. The van der Waals surface area contributed by atoms with E-state index in [0.29, 0.717) is 12.1 Å². The molecular formula is C17H18FN3OS. The largest absolute Gasteiger partial charge is 0.355 e. The molecule has 1 amide bonds. The van der Waals surface area contributed by atoms with Crippen molar-refractivity contribution in [1.82, 2.24) is 14.7 Å². The molecule has 2 heterocycles. The Morgan fingerprint density at radius 3 is 2.91 bits per heavy atom. The zero-order valence-electron chi connectivity index (χ0n) is 13.0. The summed E-state index contributed by atoms with van der Waals surface area (Å²) in [7, 11) is 0. The highest BCUT2D eigenvalue weighted by atomic mass is 32.1. The number of halogens is 1. The molecule has 3 rings (SSSR count). The molecule has 1 N–H and O–H groups in total. The zero-order chi connectivity index (χ0) is 16.4. The van der Waals surface area contributed by atoms with Crippen molar-refractivity contribution in [3.05, 3.63) is 59.1 Å². The lowest BCUT2D eigenvalue weighted by Gasteiger charge is -2.26. The van der Waals surface area contributed by atoms with E-state index in [2.05, 4.69) is 10.3 Å². The van der Waals surface area contributed by atoms with E-state index < -0.39 is 5.41 Å². The van der Waals surface area contributed by atoms with Gasteiger partial charge < -0.3 is 5.32 Å². The summed E-state index contributed by atoms with van der Waals surface area (Å²) in [6.45, 7) is 4.20. The number of amides is 1. The number of nitrogens with one attached hydrogen (secondary N) is 1. The predicted molar refractivity (Wildman–Crippen MR) is 89.2 cm³/mol. The molecule has 0 unspecified atom stereocenters. The lowest BCUT2D eigenvalue weighted by molar-refractivity contribution is -0.120. The first-order valence-electron chi connectivity index (χ1n) is 7.38. The molecule has 0 saturated carbocycles. The lowest BCUT2D eigenvalue weighted by Crippen LogP contribution is -2.38. The van der Waals surface area contributed by atoms with E-state index in [1.807, 2.05) is 36.0 Å². The maximum atomic E-state index is 13.9. The molecule has 4 nitrogen and oxygen atoms in total. The SMILES string of the molecule is CC(C)(CNC(=O)Cc1cn2ccsc2n1)c1ccccc1F. The number of rotatable bonds is 5. The van der Waals surface area contributed by atoms with Gasteiger partial charge >= 0.3 is 0 Å². The van der Waals surface area contributed by atoms with Gasteiger partial charge in [-0.2, -0.15) is 0 Å². The number of carbonyl (C=O) groups excluding carboxylic acids is 1. The lowest BCUT2D eigenvalue weighted by atomic mass is 9.84. The smallest absolute Gasteiger partial charge is 0.226 e. The number of carbonyl (C=O) groups is 1. The second-order valence-corrected chi connectivity index (χ2v) is 7.02. The molecule has 0 bridgehead atoms. The Morgan fingerprint density at radius 2 is 2.17 bits per heavy atom. The van der Waals surface area contributed by atoms with Gasteiger partial charge in [-0.15, -0.1) is 11.3 Å². The van der Waals surface area contributed by atoms with Crippen LogP contribution in [0.25, 0.3) is 4.96 Å². The van der Waals surface area contributed by atoms with Crippen LogP contribution in [0, 0.1) is 5.82 Å². The van der Waals surface area contributed by atoms with Crippen LogP contribution in [0.15, 0.2) is 42.0 Å². The maximum Gasteiger partial charge on any atom is 0.226 e. The zero-order valence-corrected chi connectivity index (χ0v) is 13.9. The summed E-state index contributed by atoms with van der Waals surface area (Å²) in [5.74, 6) is -0.360. The Morgan fingerprint density at radius 1 is 1.39 bits per heavy atom. The number of thiazole rings is 1. The molecule has 0 aliphatic carbocycles. The van der Waals surface area contributed by atoms with E-state index in [0.717, 1.165) is 10.7 Å². The van der Waals surface area contributed by atoms with E-state index >= 15 is 0 Å². The molecule has 0 aliphatic rings. The van der Waals surface area contributed by atoms with Gasteiger partial charge in [0.15, 0.2) is 4.96 Å². The first-order chi connectivity index (χ1) is 11.0. The fourth-order valence-electron chi connectivity index (χ4n) is 2.51. The van der Waals surface area contributed by atoms with Crippen molar-refractivity contribution in [3.63, 3.8) is 0 Å². The Bertz CT molecular complexity index is 809. The summed E-state index contributed by atoms with van der Waals surface area (Å²) in [6, 6.07) is 6.67. The van der Waals surface area contributed by atoms with Gasteiger partial charge in [0, 0.05) is 29.7 Å². The summed E-state index contributed by atoms with van der Waals surface area (Å²) >= 11 is 1.53. The molecule has 0 aliphatic heterocycles. The molecule has 0 spiro atoms. The van der Waals surface area contributed by atoms with Gasteiger partial charge in [-0.25, -0.2) is 9.37 Å². The van der Waals surface area contributed by atoms with E-state index in [1.165, 1.54) is 17.4 Å². The van der Waals surface area contributed by atoms with Gasteiger partial charge in [-0.1, -0.05) is 32.0 Å². The molecule has 2 aromatic heterocycles. The van der Waals surface area contributed by atoms with Crippen LogP contribution in [0.3, 0.4) is 0 Å². The number of hydrogen-bond donors (Lipinski definition) is 1.